The van der Waals surface area contributed by atoms with E-state index in [1.807, 2.05) is 34.5 Å². The first-order valence-electron chi connectivity index (χ1n) is 11.2. The molecule has 2 aromatic carbocycles. The van der Waals surface area contributed by atoms with E-state index >= 15 is 0 Å². The maximum absolute atomic E-state index is 13.7. The number of non-ortho nitro benzene ring substituents is 1. The Hall–Kier alpha value is -2.94. The van der Waals surface area contributed by atoms with Crippen LogP contribution in [0.1, 0.15) is 45.2 Å². The molecule has 3 aromatic rings. The van der Waals surface area contributed by atoms with Gasteiger partial charge in [0.15, 0.2) is 0 Å². The van der Waals surface area contributed by atoms with E-state index in [0.717, 1.165) is 30.4 Å². The van der Waals surface area contributed by atoms with Crippen LogP contribution in [0.3, 0.4) is 0 Å². The van der Waals surface area contributed by atoms with Gasteiger partial charge in [-0.05, 0) is 60.0 Å². The highest BCUT2D eigenvalue weighted by Gasteiger charge is 2.39. The zero-order valence-corrected chi connectivity index (χ0v) is 20.9. The summed E-state index contributed by atoms with van der Waals surface area (Å²) in [4.78, 5) is 42.2. The number of fused-ring (bicyclic) bond motifs is 1. The second kappa shape index (κ2) is 9.60. The highest BCUT2D eigenvalue weighted by Crippen LogP contribution is 2.39. The second-order valence-electron chi connectivity index (χ2n) is 8.68. The summed E-state index contributed by atoms with van der Waals surface area (Å²) in [5.74, 6) is -0.544. The highest BCUT2D eigenvalue weighted by atomic mass is 35.5. The molecule has 1 aliphatic carbocycles. The average Bonchev–Trinajstić information content (AvgIpc) is 3.57. The Morgan fingerprint density at radius 3 is 2.51 bits per heavy atom. The molecule has 2 amide bonds. The number of hydrogen-bond donors (Lipinski definition) is 0. The molecule has 5 rings (SSSR count). The normalized spacial score (nSPS) is 17.1. The number of nitro benzene ring substituents is 1. The topological polar surface area (TPSA) is 83.8 Å². The summed E-state index contributed by atoms with van der Waals surface area (Å²) in [5.41, 5.74) is 2.03. The molecule has 0 radical (unpaired) electrons. The van der Waals surface area contributed by atoms with Crippen molar-refractivity contribution >= 4 is 52.0 Å². The van der Waals surface area contributed by atoms with Gasteiger partial charge in [-0.3, -0.25) is 19.7 Å². The standard InChI is InChI=1S/C25H21Cl2N3O4S/c26-16-3-1-15(2-4-16)24-20-10-12-35-22(20)9-11-28(24)23(31)14-29(17-5-6-17)25(32)19-8-7-18(30(33)34)13-21(19)27/h1-4,7-8,10,12-13,17,24H,5-6,9,11,14H2. The van der Waals surface area contributed by atoms with Gasteiger partial charge in [-0.2, -0.15) is 0 Å². The number of nitrogens with zero attached hydrogens (tertiary/aromatic N) is 3. The van der Waals surface area contributed by atoms with Crippen molar-refractivity contribution in [2.75, 3.05) is 13.1 Å². The molecule has 0 spiro atoms. The third-order valence-corrected chi connectivity index (χ3v) is 7.98. The molecule has 1 unspecified atom stereocenters. The van der Waals surface area contributed by atoms with Gasteiger partial charge in [-0.1, -0.05) is 35.3 Å². The Labute approximate surface area is 216 Å². The average molecular weight is 530 g/mol. The van der Waals surface area contributed by atoms with Crippen molar-refractivity contribution in [3.8, 4) is 0 Å². The quantitative estimate of drug-likeness (QED) is 0.301. The monoisotopic (exact) mass is 529 g/mol. The van der Waals surface area contributed by atoms with E-state index in [-0.39, 0.29) is 40.8 Å². The van der Waals surface area contributed by atoms with Crippen LogP contribution in [0.15, 0.2) is 53.9 Å². The lowest BCUT2D eigenvalue weighted by atomic mass is 9.93. The van der Waals surface area contributed by atoms with Crippen molar-refractivity contribution < 1.29 is 14.5 Å². The first kappa shape index (κ1) is 23.8. The maximum Gasteiger partial charge on any atom is 0.270 e. The minimum atomic E-state index is -0.561. The predicted octanol–water partition coefficient (Wildman–Crippen LogP) is 5.74. The van der Waals surface area contributed by atoms with Gasteiger partial charge in [0.25, 0.3) is 11.6 Å². The molecule has 2 aliphatic rings. The number of rotatable bonds is 6. The van der Waals surface area contributed by atoms with Crippen LogP contribution in [0.2, 0.25) is 10.0 Å². The number of carbonyl (C=O) groups excluding carboxylic acids is 2. The number of thiophene rings is 1. The van der Waals surface area contributed by atoms with Crippen LogP contribution in [0.5, 0.6) is 0 Å². The molecule has 1 aromatic heterocycles. The predicted molar refractivity (Wildman–Crippen MR) is 135 cm³/mol. The van der Waals surface area contributed by atoms with Gasteiger partial charge < -0.3 is 9.80 Å². The molecule has 2 heterocycles. The summed E-state index contributed by atoms with van der Waals surface area (Å²) >= 11 is 14.0. The third kappa shape index (κ3) is 4.78. The maximum atomic E-state index is 13.7. The summed E-state index contributed by atoms with van der Waals surface area (Å²) in [5, 5.41) is 13.7. The minimum absolute atomic E-state index is 0.00206. The minimum Gasteiger partial charge on any atom is -0.330 e. The molecule has 180 valence electrons. The molecular weight excluding hydrogens is 509 g/mol. The summed E-state index contributed by atoms with van der Waals surface area (Å²) < 4.78 is 0. The third-order valence-electron chi connectivity index (χ3n) is 6.42. The van der Waals surface area contributed by atoms with E-state index in [4.69, 9.17) is 23.2 Å². The van der Waals surface area contributed by atoms with E-state index in [9.17, 15) is 19.7 Å². The van der Waals surface area contributed by atoms with Crippen molar-refractivity contribution in [2.45, 2.75) is 31.3 Å². The van der Waals surface area contributed by atoms with Gasteiger partial charge in [-0.25, -0.2) is 0 Å². The Balaban J connectivity index is 1.42. The van der Waals surface area contributed by atoms with E-state index < -0.39 is 10.8 Å². The Morgan fingerprint density at radius 1 is 1.11 bits per heavy atom. The van der Waals surface area contributed by atoms with Crippen LogP contribution in [-0.4, -0.2) is 45.7 Å². The van der Waals surface area contributed by atoms with Gasteiger partial charge >= 0.3 is 0 Å². The zero-order chi connectivity index (χ0) is 24.7. The summed E-state index contributed by atoms with van der Waals surface area (Å²) in [6, 6.07) is 13.0. The number of nitro groups is 1. The van der Waals surface area contributed by atoms with Gasteiger partial charge in [0.2, 0.25) is 5.91 Å². The van der Waals surface area contributed by atoms with Crippen LogP contribution in [0, 0.1) is 10.1 Å². The number of halogens is 2. The second-order valence-corrected chi connectivity index (χ2v) is 10.5. The number of benzene rings is 2. The smallest absolute Gasteiger partial charge is 0.270 e. The fourth-order valence-corrected chi connectivity index (χ4v) is 5.81. The van der Waals surface area contributed by atoms with E-state index in [1.54, 1.807) is 16.2 Å². The Kier molecular flexibility index (Phi) is 6.53. The molecule has 35 heavy (non-hydrogen) atoms. The lowest BCUT2D eigenvalue weighted by molar-refractivity contribution is -0.384. The number of amides is 2. The molecule has 1 saturated carbocycles. The lowest BCUT2D eigenvalue weighted by Crippen LogP contribution is -2.47. The van der Waals surface area contributed by atoms with E-state index in [1.165, 1.54) is 23.1 Å². The zero-order valence-electron chi connectivity index (χ0n) is 18.5. The molecule has 0 saturated heterocycles. The van der Waals surface area contributed by atoms with Gasteiger partial charge in [0.1, 0.15) is 6.54 Å². The van der Waals surface area contributed by atoms with Crippen LogP contribution in [0.25, 0.3) is 0 Å². The van der Waals surface area contributed by atoms with E-state index in [0.29, 0.717) is 11.6 Å². The van der Waals surface area contributed by atoms with Crippen LogP contribution in [-0.2, 0) is 11.2 Å². The molecular formula is C25H21Cl2N3O4S. The number of hydrogen-bond acceptors (Lipinski definition) is 5. The summed E-state index contributed by atoms with van der Waals surface area (Å²) in [6.07, 6.45) is 2.37. The molecule has 0 bridgehead atoms. The van der Waals surface area contributed by atoms with Crippen molar-refractivity contribution in [2.24, 2.45) is 0 Å². The molecule has 1 atom stereocenters. The molecule has 1 fully saturated rings. The molecule has 0 N–H and O–H groups in total. The Morgan fingerprint density at radius 2 is 1.86 bits per heavy atom. The summed E-state index contributed by atoms with van der Waals surface area (Å²) in [7, 11) is 0. The van der Waals surface area contributed by atoms with Gasteiger partial charge in [0.05, 0.1) is 21.6 Å². The highest BCUT2D eigenvalue weighted by molar-refractivity contribution is 7.10. The van der Waals surface area contributed by atoms with Gasteiger partial charge in [-0.15, -0.1) is 11.3 Å². The molecule has 7 nitrogen and oxygen atoms in total. The van der Waals surface area contributed by atoms with E-state index in [2.05, 4.69) is 6.07 Å². The van der Waals surface area contributed by atoms with Crippen molar-refractivity contribution in [3.63, 3.8) is 0 Å². The number of carbonyl (C=O) groups is 2. The van der Waals surface area contributed by atoms with Crippen molar-refractivity contribution in [1.82, 2.24) is 9.80 Å². The van der Waals surface area contributed by atoms with Crippen LogP contribution >= 0.6 is 34.5 Å². The lowest BCUT2D eigenvalue weighted by Gasteiger charge is -2.37. The van der Waals surface area contributed by atoms with Crippen molar-refractivity contribution in [1.29, 1.82) is 0 Å². The van der Waals surface area contributed by atoms with Crippen LogP contribution < -0.4 is 0 Å². The largest absolute Gasteiger partial charge is 0.330 e. The SMILES string of the molecule is O=C(c1ccc([N+](=O)[O-])cc1Cl)N(CC(=O)N1CCc2sccc2C1c1ccc(Cl)cc1)C1CC1. The first-order valence-corrected chi connectivity index (χ1v) is 12.8. The fourth-order valence-electron chi connectivity index (χ4n) is 4.52. The van der Waals surface area contributed by atoms with Crippen LogP contribution in [0.4, 0.5) is 5.69 Å². The first-order chi connectivity index (χ1) is 16.8. The molecule has 1 aliphatic heterocycles. The Bertz CT molecular complexity index is 1310. The van der Waals surface area contributed by atoms with Gasteiger partial charge in [0, 0.05) is 34.6 Å². The van der Waals surface area contributed by atoms with Crippen molar-refractivity contribution in [3.05, 3.63) is 95.6 Å². The fraction of sp³-hybridized carbons (Fsp3) is 0.280. The summed E-state index contributed by atoms with van der Waals surface area (Å²) in [6.45, 7) is 0.463. The molecule has 10 heteroatoms.